The Bertz CT molecular complexity index is 359. The van der Waals surface area contributed by atoms with E-state index in [1.807, 2.05) is 6.07 Å². The number of carbonyl (C=O) groups is 1. The smallest absolute Gasteiger partial charge is 0.209 e. The van der Waals surface area contributed by atoms with Crippen molar-refractivity contribution >= 4 is 6.41 Å². The topological polar surface area (TPSA) is 49.8 Å². The van der Waals surface area contributed by atoms with Gasteiger partial charge in [-0.15, -0.1) is 0 Å². The molecule has 0 aliphatic carbocycles. The van der Waals surface area contributed by atoms with Crippen LogP contribution in [0.5, 0.6) is 11.5 Å². The maximum atomic E-state index is 10.5. The van der Waals surface area contributed by atoms with Crippen LogP contribution in [0.4, 0.5) is 0 Å². The van der Waals surface area contributed by atoms with Crippen LogP contribution < -0.4 is 4.74 Å². The molecule has 86 valence electrons. The van der Waals surface area contributed by atoms with Crippen LogP contribution in [0, 0.1) is 0 Å². The Kier molecular flexibility index (Phi) is 3.29. The second-order valence-corrected chi connectivity index (χ2v) is 3.96. The second-order valence-electron chi connectivity index (χ2n) is 3.96. The van der Waals surface area contributed by atoms with Crippen molar-refractivity contribution in [2.45, 2.75) is 18.9 Å². The molecule has 4 heteroatoms. The summed E-state index contributed by atoms with van der Waals surface area (Å²) in [5.74, 6) is 0.896. The number of rotatable bonds is 3. The van der Waals surface area contributed by atoms with E-state index in [9.17, 15) is 9.90 Å². The summed E-state index contributed by atoms with van der Waals surface area (Å²) in [6.45, 7) is 1.49. The van der Waals surface area contributed by atoms with Gasteiger partial charge in [0.25, 0.3) is 0 Å². The summed E-state index contributed by atoms with van der Waals surface area (Å²) in [6, 6.07) is 6.80. The average Bonchev–Trinajstić information content (AvgIpc) is 2.30. The van der Waals surface area contributed by atoms with Gasteiger partial charge < -0.3 is 14.7 Å². The molecule has 2 rings (SSSR count). The lowest BCUT2D eigenvalue weighted by Crippen LogP contribution is -2.37. The minimum absolute atomic E-state index is 0.137. The molecule has 0 bridgehead atoms. The van der Waals surface area contributed by atoms with Gasteiger partial charge in [-0.25, -0.2) is 0 Å². The largest absolute Gasteiger partial charge is 0.508 e. The average molecular weight is 221 g/mol. The molecular weight excluding hydrogens is 206 g/mol. The minimum atomic E-state index is 0.137. The monoisotopic (exact) mass is 221 g/mol. The summed E-state index contributed by atoms with van der Waals surface area (Å²) in [5, 5.41) is 9.29. The van der Waals surface area contributed by atoms with E-state index in [-0.39, 0.29) is 11.9 Å². The molecule has 0 atom stereocenters. The number of benzene rings is 1. The summed E-state index contributed by atoms with van der Waals surface area (Å²) < 4.78 is 5.73. The van der Waals surface area contributed by atoms with Gasteiger partial charge in [0, 0.05) is 32.0 Å². The van der Waals surface area contributed by atoms with E-state index in [0.29, 0.717) is 5.75 Å². The number of nitrogens with zero attached hydrogens (tertiary/aromatic N) is 1. The number of carbonyl (C=O) groups excluding carboxylic acids is 1. The fourth-order valence-corrected chi connectivity index (χ4v) is 1.85. The van der Waals surface area contributed by atoms with E-state index in [2.05, 4.69) is 0 Å². The quantitative estimate of drug-likeness (QED) is 0.785. The fourth-order valence-electron chi connectivity index (χ4n) is 1.85. The molecule has 1 aliphatic rings. The molecule has 1 amide bonds. The third kappa shape index (κ3) is 2.66. The van der Waals surface area contributed by atoms with Gasteiger partial charge >= 0.3 is 0 Å². The van der Waals surface area contributed by atoms with Crippen molar-refractivity contribution in [2.75, 3.05) is 13.1 Å². The number of hydrogen-bond donors (Lipinski definition) is 1. The van der Waals surface area contributed by atoms with Crippen molar-refractivity contribution in [1.82, 2.24) is 4.90 Å². The van der Waals surface area contributed by atoms with Crippen LogP contribution in [0.15, 0.2) is 24.3 Å². The number of aromatic hydroxyl groups is 1. The zero-order valence-electron chi connectivity index (χ0n) is 9.00. The summed E-state index contributed by atoms with van der Waals surface area (Å²) in [5.41, 5.74) is 0. The highest BCUT2D eigenvalue weighted by Crippen LogP contribution is 2.22. The Hall–Kier alpha value is -1.71. The molecule has 1 aromatic carbocycles. The first-order valence-electron chi connectivity index (χ1n) is 5.43. The van der Waals surface area contributed by atoms with Gasteiger partial charge in [0.15, 0.2) is 0 Å². The van der Waals surface area contributed by atoms with E-state index in [1.165, 1.54) is 0 Å². The van der Waals surface area contributed by atoms with E-state index < -0.39 is 0 Å². The van der Waals surface area contributed by atoms with Gasteiger partial charge in [-0.3, -0.25) is 4.79 Å². The predicted octanol–water partition coefficient (Wildman–Crippen LogP) is 1.39. The van der Waals surface area contributed by atoms with Gasteiger partial charge in [0.2, 0.25) is 6.41 Å². The summed E-state index contributed by atoms with van der Waals surface area (Å²) >= 11 is 0. The number of phenolic OH excluding ortho intramolecular Hbond substituents is 1. The van der Waals surface area contributed by atoms with Crippen molar-refractivity contribution in [3.8, 4) is 11.5 Å². The Morgan fingerprint density at radius 2 is 2.12 bits per heavy atom. The molecule has 16 heavy (non-hydrogen) atoms. The van der Waals surface area contributed by atoms with Crippen LogP contribution in [0.25, 0.3) is 0 Å². The third-order valence-corrected chi connectivity index (χ3v) is 2.75. The number of amides is 1. The van der Waals surface area contributed by atoms with E-state index in [0.717, 1.165) is 32.3 Å². The molecule has 4 nitrogen and oxygen atoms in total. The highest BCUT2D eigenvalue weighted by molar-refractivity contribution is 5.47. The molecule has 0 spiro atoms. The first kappa shape index (κ1) is 10.8. The maximum Gasteiger partial charge on any atom is 0.209 e. The van der Waals surface area contributed by atoms with Gasteiger partial charge in [0.05, 0.1) is 0 Å². The Morgan fingerprint density at radius 3 is 2.75 bits per heavy atom. The van der Waals surface area contributed by atoms with E-state index in [4.69, 9.17) is 4.74 Å². The SMILES string of the molecule is O=CN1CCC(Oc2cccc(O)c2)CC1. The predicted molar refractivity (Wildman–Crippen MR) is 59.4 cm³/mol. The molecule has 1 heterocycles. The zero-order chi connectivity index (χ0) is 11.4. The van der Waals surface area contributed by atoms with Crippen LogP contribution in [0.1, 0.15) is 12.8 Å². The molecule has 0 unspecified atom stereocenters. The third-order valence-electron chi connectivity index (χ3n) is 2.75. The van der Waals surface area contributed by atoms with Crippen molar-refractivity contribution in [1.29, 1.82) is 0 Å². The van der Waals surface area contributed by atoms with Crippen LogP contribution in [0.3, 0.4) is 0 Å². The Balaban J connectivity index is 1.89. The molecule has 1 saturated heterocycles. The normalized spacial score (nSPS) is 17.1. The number of likely N-dealkylation sites (tertiary alicyclic amines) is 1. The second kappa shape index (κ2) is 4.88. The van der Waals surface area contributed by atoms with Crippen LogP contribution in [-0.4, -0.2) is 35.6 Å². The highest BCUT2D eigenvalue weighted by atomic mass is 16.5. The first-order chi connectivity index (χ1) is 7.78. The molecule has 0 radical (unpaired) electrons. The summed E-state index contributed by atoms with van der Waals surface area (Å²) in [7, 11) is 0. The Morgan fingerprint density at radius 1 is 1.38 bits per heavy atom. The van der Waals surface area contributed by atoms with Crippen molar-refractivity contribution < 1.29 is 14.6 Å². The maximum absolute atomic E-state index is 10.5. The highest BCUT2D eigenvalue weighted by Gasteiger charge is 2.19. The molecule has 1 aromatic rings. The lowest BCUT2D eigenvalue weighted by atomic mass is 10.1. The Labute approximate surface area is 94.4 Å². The lowest BCUT2D eigenvalue weighted by Gasteiger charge is -2.29. The summed E-state index contributed by atoms with van der Waals surface area (Å²) in [6.07, 6.45) is 2.70. The molecule has 1 fully saturated rings. The zero-order valence-corrected chi connectivity index (χ0v) is 9.00. The number of ether oxygens (including phenoxy) is 1. The first-order valence-corrected chi connectivity index (χ1v) is 5.43. The van der Waals surface area contributed by atoms with Gasteiger partial charge in [0.1, 0.15) is 17.6 Å². The minimum Gasteiger partial charge on any atom is -0.508 e. The number of piperidine rings is 1. The van der Waals surface area contributed by atoms with Crippen molar-refractivity contribution in [3.63, 3.8) is 0 Å². The van der Waals surface area contributed by atoms with Gasteiger partial charge in [-0.1, -0.05) is 6.07 Å². The lowest BCUT2D eigenvalue weighted by molar-refractivity contribution is -0.119. The fraction of sp³-hybridized carbons (Fsp3) is 0.417. The van der Waals surface area contributed by atoms with E-state index >= 15 is 0 Å². The van der Waals surface area contributed by atoms with Crippen LogP contribution >= 0.6 is 0 Å². The van der Waals surface area contributed by atoms with E-state index in [1.54, 1.807) is 23.1 Å². The molecule has 0 saturated carbocycles. The van der Waals surface area contributed by atoms with Crippen LogP contribution in [0.2, 0.25) is 0 Å². The van der Waals surface area contributed by atoms with Crippen LogP contribution in [-0.2, 0) is 4.79 Å². The van der Waals surface area contributed by atoms with Gasteiger partial charge in [-0.2, -0.15) is 0 Å². The van der Waals surface area contributed by atoms with Gasteiger partial charge in [-0.05, 0) is 12.1 Å². The van der Waals surface area contributed by atoms with Crippen molar-refractivity contribution in [3.05, 3.63) is 24.3 Å². The molecule has 0 aromatic heterocycles. The molecule has 1 aliphatic heterocycles. The summed E-state index contributed by atoms with van der Waals surface area (Å²) in [4.78, 5) is 12.3. The number of hydrogen-bond acceptors (Lipinski definition) is 3. The van der Waals surface area contributed by atoms with Crippen molar-refractivity contribution in [2.24, 2.45) is 0 Å². The molecule has 1 N–H and O–H groups in total. The molecular formula is C12H15NO3. The number of phenols is 1. The standard InChI is InChI=1S/C12H15NO3/c14-9-13-6-4-11(5-7-13)16-12-3-1-2-10(15)8-12/h1-3,8-9,11,15H,4-7H2.